The second-order valence-corrected chi connectivity index (χ2v) is 5.25. The number of halogens is 1. The molecule has 0 saturated carbocycles. The summed E-state index contributed by atoms with van der Waals surface area (Å²) in [6, 6.07) is 10.5. The van der Waals surface area contributed by atoms with Gasteiger partial charge in [0, 0.05) is 15.8 Å². The Balaban J connectivity index is 2.33. The number of carboxylic acid groups (broad SMARTS) is 1. The Bertz CT molecular complexity index is 838. The third kappa shape index (κ3) is 1.80. The minimum atomic E-state index is -0.895. The molecule has 2 aromatic carbocycles. The molecular formula is C15H12ClNO3. The van der Waals surface area contributed by atoms with Gasteiger partial charge in [-0.05, 0) is 36.8 Å². The molecule has 3 rings (SSSR count). The molecule has 0 unspecified atom stereocenters. The molecule has 1 atom stereocenters. The molecule has 0 aliphatic carbocycles. The summed E-state index contributed by atoms with van der Waals surface area (Å²) >= 11 is 5.98. The number of benzene rings is 2. The van der Waals surface area contributed by atoms with Crippen molar-refractivity contribution in [2.45, 2.75) is 12.8 Å². The van der Waals surface area contributed by atoms with Gasteiger partial charge in [-0.25, -0.2) is 0 Å². The van der Waals surface area contributed by atoms with Gasteiger partial charge in [-0.3, -0.25) is 4.79 Å². The van der Waals surface area contributed by atoms with Crippen LogP contribution in [0.5, 0.6) is 0 Å². The molecule has 0 radical (unpaired) electrons. The fraction of sp³-hybridized carbons (Fsp3) is 0.133. The van der Waals surface area contributed by atoms with Crippen molar-refractivity contribution in [3.8, 4) is 0 Å². The Morgan fingerprint density at radius 2 is 1.90 bits per heavy atom. The second kappa shape index (κ2) is 4.42. The van der Waals surface area contributed by atoms with Crippen LogP contribution in [0.25, 0.3) is 21.8 Å². The zero-order valence-electron chi connectivity index (χ0n) is 10.7. The highest BCUT2D eigenvalue weighted by molar-refractivity contribution is 6.31. The number of aromatic nitrogens is 1. The van der Waals surface area contributed by atoms with Gasteiger partial charge in [0.2, 0.25) is 0 Å². The Morgan fingerprint density at radius 1 is 1.15 bits per heavy atom. The minimum absolute atomic E-state index is 0.577. The number of hydrogen-bond donors (Lipinski definition) is 2. The van der Waals surface area contributed by atoms with Crippen molar-refractivity contribution in [2.75, 3.05) is 0 Å². The number of nitrogens with zero attached hydrogens (tertiary/aromatic N) is 1. The van der Waals surface area contributed by atoms with Gasteiger partial charge in [0.25, 0.3) is 0 Å². The lowest BCUT2D eigenvalue weighted by molar-refractivity contribution is -0.138. The van der Waals surface area contributed by atoms with Crippen LogP contribution in [0.3, 0.4) is 0 Å². The summed E-state index contributed by atoms with van der Waals surface area (Å²) < 4.78 is 1.07. The van der Waals surface area contributed by atoms with Crippen LogP contribution < -0.4 is 0 Å². The van der Waals surface area contributed by atoms with Crippen LogP contribution in [-0.4, -0.2) is 21.0 Å². The summed E-state index contributed by atoms with van der Waals surface area (Å²) in [5.41, 5.74) is 1.87. The van der Waals surface area contributed by atoms with Crippen molar-refractivity contribution in [2.24, 2.45) is 0 Å². The molecule has 4 nitrogen and oxygen atoms in total. The molecule has 1 aromatic heterocycles. The van der Waals surface area contributed by atoms with Crippen molar-refractivity contribution in [3.63, 3.8) is 0 Å². The topological polar surface area (TPSA) is 62.5 Å². The Hall–Kier alpha value is -2.20. The van der Waals surface area contributed by atoms with E-state index in [9.17, 15) is 10.0 Å². The minimum Gasteiger partial charge on any atom is -0.481 e. The zero-order valence-corrected chi connectivity index (χ0v) is 11.4. The van der Waals surface area contributed by atoms with E-state index in [2.05, 4.69) is 0 Å². The normalized spacial score (nSPS) is 12.9. The number of fused-ring (bicyclic) bond motifs is 3. The van der Waals surface area contributed by atoms with E-state index in [4.69, 9.17) is 16.7 Å². The number of hydrogen-bond acceptors (Lipinski definition) is 2. The molecule has 1 heterocycles. The van der Waals surface area contributed by atoms with Crippen LogP contribution in [-0.2, 0) is 4.79 Å². The number of rotatable bonds is 2. The van der Waals surface area contributed by atoms with Gasteiger partial charge in [0.1, 0.15) is 0 Å². The molecule has 0 bridgehead atoms. The Labute approximate surface area is 119 Å². The molecule has 3 aromatic rings. The lowest BCUT2D eigenvalue weighted by Gasteiger charge is -2.06. The molecule has 0 amide bonds. The SMILES string of the molecule is C[C@H](C(=O)O)c1ccc2c3cc(Cl)ccc3n(O)c2c1. The molecule has 20 heavy (non-hydrogen) atoms. The summed E-state index contributed by atoms with van der Waals surface area (Å²) in [6.45, 7) is 1.62. The maximum atomic E-state index is 11.1. The molecule has 5 heteroatoms. The fourth-order valence-electron chi connectivity index (χ4n) is 2.40. The largest absolute Gasteiger partial charge is 0.481 e. The fourth-order valence-corrected chi connectivity index (χ4v) is 2.57. The van der Waals surface area contributed by atoms with E-state index in [0.29, 0.717) is 21.6 Å². The smallest absolute Gasteiger partial charge is 0.310 e. The van der Waals surface area contributed by atoms with Crippen LogP contribution in [0, 0.1) is 0 Å². The molecule has 0 aliphatic heterocycles. The van der Waals surface area contributed by atoms with Gasteiger partial charge in [0.15, 0.2) is 0 Å². The maximum Gasteiger partial charge on any atom is 0.310 e. The molecule has 102 valence electrons. The Kier molecular flexibility index (Phi) is 2.83. The highest BCUT2D eigenvalue weighted by Gasteiger charge is 2.17. The lowest BCUT2D eigenvalue weighted by atomic mass is 10.00. The van der Waals surface area contributed by atoms with Crippen molar-refractivity contribution < 1.29 is 15.1 Å². The van der Waals surface area contributed by atoms with Crippen LogP contribution >= 0.6 is 11.6 Å². The molecule has 0 spiro atoms. The molecule has 0 fully saturated rings. The highest BCUT2D eigenvalue weighted by atomic mass is 35.5. The van der Waals surface area contributed by atoms with Gasteiger partial charge >= 0.3 is 5.97 Å². The van der Waals surface area contributed by atoms with E-state index < -0.39 is 11.9 Å². The van der Waals surface area contributed by atoms with Crippen LogP contribution in [0.4, 0.5) is 0 Å². The predicted octanol–water partition coefficient (Wildman–Crippen LogP) is 3.87. The average Bonchev–Trinajstić information content (AvgIpc) is 2.70. The van der Waals surface area contributed by atoms with Gasteiger partial charge in [-0.2, -0.15) is 4.73 Å². The van der Waals surface area contributed by atoms with Gasteiger partial charge in [0.05, 0.1) is 17.0 Å². The van der Waals surface area contributed by atoms with Crippen molar-refractivity contribution in [1.29, 1.82) is 0 Å². The summed E-state index contributed by atoms with van der Waals surface area (Å²) in [6.07, 6.45) is 0. The van der Waals surface area contributed by atoms with Crippen LogP contribution in [0.2, 0.25) is 5.02 Å². The van der Waals surface area contributed by atoms with E-state index in [1.807, 2.05) is 6.07 Å². The Morgan fingerprint density at radius 3 is 2.60 bits per heavy atom. The van der Waals surface area contributed by atoms with E-state index in [1.165, 1.54) is 0 Å². The summed E-state index contributed by atoms with van der Waals surface area (Å²) in [5, 5.41) is 21.5. The van der Waals surface area contributed by atoms with Crippen LogP contribution in [0.1, 0.15) is 18.4 Å². The van der Waals surface area contributed by atoms with Crippen molar-refractivity contribution in [1.82, 2.24) is 4.73 Å². The van der Waals surface area contributed by atoms with E-state index in [1.54, 1.807) is 37.3 Å². The molecular weight excluding hydrogens is 278 g/mol. The maximum absolute atomic E-state index is 11.1. The number of carbonyl (C=O) groups is 1. The van der Waals surface area contributed by atoms with Crippen LogP contribution in [0.15, 0.2) is 36.4 Å². The average molecular weight is 290 g/mol. The monoisotopic (exact) mass is 289 g/mol. The first-order valence-electron chi connectivity index (χ1n) is 6.14. The number of carboxylic acids is 1. The third-order valence-electron chi connectivity index (χ3n) is 3.60. The van der Waals surface area contributed by atoms with E-state index >= 15 is 0 Å². The second-order valence-electron chi connectivity index (χ2n) is 4.81. The molecule has 2 N–H and O–H groups in total. The predicted molar refractivity (Wildman–Crippen MR) is 77.7 cm³/mol. The summed E-state index contributed by atoms with van der Waals surface area (Å²) in [4.78, 5) is 11.1. The van der Waals surface area contributed by atoms with E-state index in [0.717, 1.165) is 15.5 Å². The molecule has 0 saturated heterocycles. The zero-order chi connectivity index (χ0) is 14.4. The number of aliphatic carboxylic acids is 1. The van der Waals surface area contributed by atoms with Gasteiger partial charge < -0.3 is 10.3 Å². The summed E-state index contributed by atoms with van der Waals surface area (Å²) in [5.74, 6) is -1.52. The third-order valence-corrected chi connectivity index (χ3v) is 3.83. The first kappa shape index (κ1) is 12.8. The standard InChI is InChI=1S/C15H12ClNO3/c1-8(15(18)19)9-2-4-11-12-7-10(16)3-5-13(12)17(20)14(11)6-9/h2-8,20H,1H3,(H,18,19)/t8-/m0/s1. The first-order valence-corrected chi connectivity index (χ1v) is 6.52. The van der Waals surface area contributed by atoms with Gasteiger partial charge in [-0.1, -0.05) is 23.7 Å². The molecule has 0 aliphatic rings. The van der Waals surface area contributed by atoms with E-state index in [-0.39, 0.29) is 0 Å². The quantitative estimate of drug-likeness (QED) is 0.704. The van der Waals surface area contributed by atoms with Crippen molar-refractivity contribution >= 4 is 39.4 Å². The highest BCUT2D eigenvalue weighted by Crippen LogP contribution is 2.32. The first-order chi connectivity index (χ1) is 9.49. The lowest BCUT2D eigenvalue weighted by Crippen LogP contribution is -2.07. The van der Waals surface area contributed by atoms with Gasteiger partial charge in [-0.15, -0.1) is 0 Å². The van der Waals surface area contributed by atoms with Crippen molar-refractivity contribution in [3.05, 3.63) is 47.0 Å². The summed E-state index contributed by atoms with van der Waals surface area (Å²) in [7, 11) is 0.